The average molecular weight is 286 g/mol. The molecule has 112 valence electrons. The molecule has 0 radical (unpaired) electrons. The van der Waals surface area contributed by atoms with E-state index in [1.807, 2.05) is 17.9 Å². The van der Waals surface area contributed by atoms with Gasteiger partial charge < -0.3 is 4.57 Å². The van der Waals surface area contributed by atoms with Crippen molar-refractivity contribution < 1.29 is 0 Å². The summed E-state index contributed by atoms with van der Waals surface area (Å²) < 4.78 is 4.09. The van der Waals surface area contributed by atoms with E-state index in [0.717, 1.165) is 18.9 Å². The smallest absolute Gasteiger partial charge is 0.146 e. The molecule has 6 nitrogen and oxygen atoms in total. The Labute approximate surface area is 124 Å². The topological polar surface area (TPSA) is 51.8 Å². The van der Waals surface area contributed by atoms with Gasteiger partial charge in [-0.1, -0.05) is 0 Å². The van der Waals surface area contributed by atoms with Gasteiger partial charge in [-0.15, -0.1) is 10.2 Å². The molecule has 3 heterocycles. The Hall–Kier alpha value is -1.69. The second kappa shape index (κ2) is 4.94. The zero-order chi connectivity index (χ0) is 14.4. The van der Waals surface area contributed by atoms with E-state index >= 15 is 0 Å². The molecule has 0 aromatic carbocycles. The third-order valence-corrected chi connectivity index (χ3v) is 4.76. The van der Waals surface area contributed by atoms with Crippen LogP contribution in [0.2, 0.25) is 0 Å². The van der Waals surface area contributed by atoms with E-state index in [4.69, 9.17) is 0 Å². The van der Waals surface area contributed by atoms with E-state index in [1.54, 1.807) is 0 Å². The highest BCUT2D eigenvalue weighted by atomic mass is 15.3. The molecule has 1 saturated heterocycles. The molecule has 1 saturated carbocycles. The first-order valence-electron chi connectivity index (χ1n) is 7.83. The third kappa shape index (κ3) is 2.37. The van der Waals surface area contributed by atoms with Crippen molar-refractivity contribution in [2.24, 2.45) is 14.1 Å². The Morgan fingerprint density at radius 2 is 2.05 bits per heavy atom. The molecular weight excluding hydrogens is 264 g/mol. The Morgan fingerprint density at radius 3 is 2.76 bits per heavy atom. The SMILES string of the molecule is Cn1cc(C2CCCN2Cc2nnc(C3CC3)n2C)cn1. The number of aryl methyl sites for hydroxylation is 1. The fourth-order valence-electron chi connectivity index (χ4n) is 3.40. The monoisotopic (exact) mass is 286 g/mol. The van der Waals surface area contributed by atoms with Crippen molar-refractivity contribution in [1.82, 2.24) is 29.4 Å². The van der Waals surface area contributed by atoms with Crippen LogP contribution < -0.4 is 0 Å². The predicted molar refractivity (Wildman–Crippen MR) is 78.6 cm³/mol. The zero-order valence-electron chi connectivity index (χ0n) is 12.7. The standard InChI is InChI=1S/C15H22N6/c1-19-9-12(8-16-19)13-4-3-7-21(13)10-14-17-18-15(20(14)2)11-5-6-11/h8-9,11,13H,3-7,10H2,1-2H3. The van der Waals surface area contributed by atoms with E-state index in [1.165, 1.54) is 37.1 Å². The highest BCUT2D eigenvalue weighted by molar-refractivity contribution is 5.13. The maximum Gasteiger partial charge on any atom is 0.146 e. The van der Waals surface area contributed by atoms with Crippen LogP contribution in [0.15, 0.2) is 12.4 Å². The summed E-state index contributed by atoms with van der Waals surface area (Å²) in [4.78, 5) is 2.51. The Balaban J connectivity index is 1.53. The second-order valence-corrected chi connectivity index (χ2v) is 6.38. The van der Waals surface area contributed by atoms with Crippen LogP contribution in [-0.4, -0.2) is 36.0 Å². The third-order valence-electron chi connectivity index (χ3n) is 4.76. The highest BCUT2D eigenvalue weighted by Crippen LogP contribution is 2.39. The molecule has 6 heteroatoms. The van der Waals surface area contributed by atoms with E-state index in [9.17, 15) is 0 Å². The van der Waals surface area contributed by atoms with Crippen LogP contribution in [0.5, 0.6) is 0 Å². The predicted octanol–water partition coefficient (Wildman–Crippen LogP) is 1.76. The van der Waals surface area contributed by atoms with Gasteiger partial charge in [-0.25, -0.2) is 0 Å². The number of nitrogens with zero attached hydrogens (tertiary/aromatic N) is 6. The summed E-state index contributed by atoms with van der Waals surface area (Å²) in [5.74, 6) is 2.92. The van der Waals surface area contributed by atoms with Gasteiger partial charge in [-0.05, 0) is 32.2 Å². The number of rotatable bonds is 4. The lowest BCUT2D eigenvalue weighted by Gasteiger charge is -2.22. The van der Waals surface area contributed by atoms with Crippen LogP contribution in [0, 0.1) is 0 Å². The Morgan fingerprint density at radius 1 is 1.19 bits per heavy atom. The van der Waals surface area contributed by atoms with Crippen LogP contribution in [0.3, 0.4) is 0 Å². The molecule has 0 bridgehead atoms. The van der Waals surface area contributed by atoms with Crippen molar-refractivity contribution in [3.8, 4) is 0 Å². The van der Waals surface area contributed by atoms with Crippen LogP contribution >= 0.6 is 0 Å². The van der Waals surface area contributed by atoms with Gasteiger partial charge in [0, 0.05) is 37.8 Å². The highest BCUT2D eigenvalue weighted by Gasteiger charge is 2.31. The lowest BCUT2D eigenvalue weighted by Crippen LogP contribution is -2.24. The van der Waals surface area contributed by atoms with Gasteiger partial charge >= 0.3 is 0 Å². The minimum Gasteiger partial charge on any atom is -0.317 e. The van der Waals surface area contributed by atoms with Gasteiger partial charge in [0.1, 0.15) is 11.6 Å². The molecule has 21 heavy (non-hydrogen) atoms. The molecule has 2 aromatic heterocycles. The minimum absolute atomic E-state index is 0.472. The van der Waals surface area contributed by atoms with Gasteiger partial charge in [0.25, 0.3) is 0 Å². The normalized spacial score (nSPS) is 23.0. The molecule has 4 rings (SSSR count). The summed E-state index contributed by atoms with van der Waals surface area (Å²) in [6.45, 7) is 2.01. The fourth-order valence-corrected chi connectivity index (χ4v) is 3.40. The summed E-state index contributed by atoms with van der Waals surface area (Å²) in [6.07, 6.45) is 9.12. The van der Waals surface area contributed by atoms with Crippen molar-refractivity contribution in [2.75, 3.05) is 6.54 Å². The fraction of sp³-hybridized carbons (Fsp3) is 0.667. The van der Waals surface area contributed by atoms with E-state index < -0.39 is 0 Å². The lowest BCUT2D eigenvalue weighted by molar-refractivity contribution is 0.239. The second-order valence-electron chi connectivity index (χ2n) is 6.38. The maximum atomic E-state index is 4.42. The van der Waals surface area contributed by atoms with Crippen molar-refractivity contribution in [2.45, 2.75) is 44.2 Å². The van der Waals surface area contributed by atoms with Crippen molar-refractivity contribution >= 4 is 0 Å². The first kappa shape index (κ1) is 13.0. The van der Waals surface area contributed by atoms with Gasteiger partial charge in [0.2, 0.25) is 0 Å². The molecule has 0 amide bonds. The summed E-state index contributed by atoms with van der Waals surface area (Å²) >= 11 is 0. The lowest BCUT2D eigenvalue weighted by atomic mass is 10.1. The first-order valence-corrected chi connectivity index (χ1v) is 7.83. The van der Waals surface area contributed by atoms with Gasteiger partial charge in [0.15, 0.2) is 0 Å². The molecule has 1 aliphatic carbocycles. The molecule has 1 atom stereocenters. The number of hydrogen-bond donors (Lipinski definition) is 0. The maximum absolute atomic E-state index is 4.42. The van der Waals surface area contributed by atoms with Gasteiger partial charge in [0.05, 0.1) is 12.7 Å². The van der Waals surface area contributed by atoms with Crippen LogP contribution in [-0.2, 0) is 20.6 Å². The van der Waals surface area contributed by atoms with E-state index in [-0.39, 0.29) is 0 Å². The molecule has 2 aromatic rings. The quantitative estimate of drug-likeness (QED) is 0.859. The minimum atomic E-state index is 0.472. The van der Waals surface area contributed by atoms with E-state index in [2.05, 4.69) is 38.0 Å². The van der Waals surface area contributed by atoms with Crippen molar-refractivity contribution in [3.63, 3.8) is 0 Å². The summed E-state index contributed by atoms with van der Waals surface area (Å²) in [7, 11) is 4.09. The molecule has 0 N–H and O–H groups in total. The zero-order valence-corrected chi connectivity index (χ0v) is 12.7. The van der Waals surface area contributed by atoms with Crippen molar-refractivity contribution in [3.05, 3.63) is 29.6 Å². The molecule has 0 spiro atoms. The summed E-state index contributed by atoms with van der Waals surface area (Å²) in [5, 5.41) is 13.1. The molecule has 1 aliphatic heterocycles. The molecule has 1 unspecified atom stereocenters. The summed E-state index contributed by atoms with van der Waals surface area (Å²) in [6, 6.07) is 0.472. The Bertz CT molecular complexity index is 638. The van der Waals surface area contributed by atoms with E-state index in [0.29, 0.717) is 12.0 Å². The summed E-state index contributed by atoms with van der Waals surface area (Å²) in [5.41, 5.74) is 1.32. The largest absolute Gasteiger partial charge is 0.317 e. The van der Waals surface area contributed by atoms with Gasteiger partial charge in [-0.2, -0.15) is 5.10 Å². The molecule has 2 fully saturated rings. The van der Waals surface area contributed by atoms with Gasteiger partial charge in [-0.3, -0.25) is 9.58 Å². The van der Waals surface area contributed by atoms with Crippen molar-refractivity contribution in [1.29, 1.82) is 0 Å². The first-order chi connectivity index (χ1) is 10.2. The van der Waals surface area contributed by atoms with Crippen LogP contribution in [0.4, 0.5) is 0 Å². The number of hydrogen-bond acceptors (Lipinski definition) is 4. The molecule has 2 aliphatic rings. The average Bonchev–Trinajstić information content (AvgIpc) is 2.88. The van der Waals surface area contributed by atoms with Crippen LogP contribution in [0.25, 0.3) is 0 Å². The number of aromatic nitrogens is 5. The van der Waals surface area contributed by atoms with Crippen LogP contribution in [0.1, 0.15) is 54.9 Å². The Kier molecular flexibility index (Phi) is 3.06. The number of likely N-dealkylation sites (tertiary alicyclic amines) is 1. The molecular formula is C15H22N6.